The number of aromatic nitrogens is 1. The van der Waals surface area contributed by atoms with Crippen molar-refractivity contribution in [1.82, 2.24) is 5.16 Å². The van der Waals surface area contributed by atoms with E-state index in [4.69, 9.17) is 11.5 Å². The van der Waals surface area contributed by atoms with Gasteiger partial charge in [0.1, 0.15) is 5.82 Å². The SMILES string of the molecule is Nc1cc(-c2cnoc2N)ccc1F. The molecule has 4 N–H and O–H groups in total. The van der Waals surface area contributed by atoms with E-state index in [-0.39, 0.29) is 11.6 Å². The summed E-state index contributed by atoms with van der Waals surface area (Å²) in [5, 5.41) is 3.52. The Hall–Kier alpha value is -2.04. The molecule has 1 aromatic carbocycles. The van der Waals surface area contributed by atoms with Crippen molar-refractivity contribution in [3.05, 3.63) is 30.2 Å². The molecule has 0 aliphatic heterocycles. The van der Waals surface area contributed by atoms with Crippen molar-refractivity contribution in [3.63, 3.8) is 0 Å². The number of anilines is 2. The molecule has 14 heavy (non-hydrogen) atoms. The molecule has 0 radical (unpaired) electrons. The highest BCUT2D eigenvalue weighted by molar-refractivity contribution is 5.74. The van der Waals surface area contributed by atoms with E-state index in [0.29, 0.717) is 11.1 Å². The van der Waals surface area contributed by atoms with Gasteiger partial charge in [-0.05, 0) is 17.7 Å². The van der Waals surface area contributed by atoms with Crippen LogP contribution in [0.5, 0.6) is 0 Å². The summed E-state index contributed by atoms with van der Waals surface area (Å²) in [5.74, 6) is -0.264. The maximum atomic E-state index is 12.8. The van der Waals surface area contributed by atoms with Crippen LogP contribution in [-0.4, -0.2) is 5.16 Å². The lowest BCUT2D eigenvalue weighted by Crippen LogP contribution is -1.91. The molecular weight excluding hydrogens is 185 g/mol. The molecule has 0 spiro atoms. The van der Waals surface area contributed by atoms with Crippen LogP contribution in [0, 0.1) is 5.82 Å². The summed E-state index contributed by atoms with van der Waals surface area (Å²) < 4.78 is 17.5. The van der Waals surface area contributed by atoms with Gasteiger partial charge < -0.3 is 16.0 Å². The van der Waals surface area contributed by atoms with E-state index >= 15 is 0 Å². The van der Waals surface area contributed by atoms with Gasteiger partial charge in [0.05, 0.1) is 17.4 Å². The third-order valence-corrected chi connectivity index (χ3v) is 1.91. The lowest BCUT2D eigenvalue weighted by atomic mass is 10.1. The predicted molar refractivity (Wildman–Crippen MR) is 50.7 cm³/mol. The van der Waals surface area contributed by atoms with Crippen LogP contribution in [0.25, 0.3) is 11.1 Å². The number of nitrogens with zero attached hydrogens (tertiary/aromatic N) is 1. The van der Waals surface area contributed by atoms with Crippen LogP contribution in [0.15, 0.2) is 28.9 Å². The molecule has 0 aliphatic carbocycles. The van der Waals surface area contributed by atoms with Crippen molar-refractivity contribution in [2.45, 2.75) is 0 Å². The van der Waals surface area contributed by atoms with Crippen molar-refractivity contribution in [3.8, 4) is 11.1 Å². The summed E-state index contributed by atoms with van der Waals surface area (Å²) in [5.41, 5.74) is 12.3. The van der Waals surface area contributed by atoms with Crippen LogP contribution in [0.4, 0.5) is 16.0 Å². The molecule has 4 nitrogen and oxygen atoms in total. The predicted octanol–water partition coefficient (Wildman–Crippen LogP) is 1.65. The fraction of sp³-hybridized carbons (Fsp3) is 0. The smallest absolute Gasteiger partial charge is 0.229 e. The van der Waals surface area contributed by atoms with E-state index in [0.717, 1.165) is 0 Å². The minimum atomic E-state index is -0.455. The molecule has 2 rings (SSSR count). The molecule has 0 fully saturated rings. The van der Waals surface area contributed by atoms with Crippen LogP contribution in [0.2, 0.25) is 0 Å². The summed E-state index contributed by atoms with van der Waals surface area (Å²) in [6.45, 7) is 0. The van der Waals surface area contributed by atoms with Crippen LogP contribution in [0.1, 0.15) is 0 Å². The zero-order valence-corrected chi connectivity index (χ0v) is 7.20. The van der Waals surface area contributed by atoms with Gasteiger partial charge in [-0.1, -0.05) is 11.2 Å². The van der Waals surface area contributed by atoms with Crippen molar-refractivity contribution in [1.29, 1.82) is 0 Å². The Morgan fingerprint density at radius 1 is 1.29 bits per heavy atom. The highest BCUT2D eigenvalue weighted by Gasteiger charge is 2.08. The molecule has 5 heteroatoms. The first-order valence-corrected chi connectivity index (χ1v) is 3.94. The van der Waals surface area contributed by atoms with Gasteiger partial charge in [0.15, 0.2) is 0 Å². The summed E-state index contributed by atoms with van der Waals surface area (Å²) in [7, 11) is 0. The van der Waals surface area contributed by atoms with E-state index in [1.54, 1.807) is 6.07 Å². The Kier molecular flexibility index (Phi) is 1.85. The molecule has 0 saturated heterocycles. The Morgan fingerprint density at radius 3 is 2.64 bits per heavy atom. The van der Waals surface area contributed by atoms with Gasteiger partial charge >= 0.3 is 0 Å². The van der Waals surface area contributed by atoms with Crippen LogP contribution < -0.4 is 11.5 Å². The number of nitrogen functional groups attached to an aromatic ring is 2. The molecule has 0 saturated carbocycles. The first-order chi connectivity index (χ1) is 6.68. The molecule has 1 heterocycles. The van der Waals surface area contributed by atoms with Crippen molar-refractivity contribution < 1.29 is 8.91 Å². The lowest BCUT2D eigenvalue weighted by Gasteiger charge is -2.00. The minimum Gasteiger partial charge on any atom is -0.396 e. The van der Waals surface area contributed by atoms with E-state index < -0.39 is 5.82 Å². The molecule has 1 aromatic heterocycles. The van der Waals surface area contributed by atoms with Crippen LogP contribution in [0.3, 0.4) is 0 Å². The highest BCUT2D eigenvalue weighted by atomic mass is 19.1. The Balaban J connectivity index is 2.53. The maximum Gasteiger partial charge on any atom is 0.229 e. The van der Waals surface area contributed by atoms with E-state index in [1.165, 1.54) is 18.3 Å². The molecule has 0 unspecified atom stereocenters. The quantitative estimate of drug-likeness (QED) is 0.675. The number of benzene rings is 1. The lowest BCUT2D eigenvalue weighted by molar-refractivity contribution is 0.436. The van der Waals surface area contributed by atoms with E-state index in [2.05, 4.69) is 9.68 Å². The number of nitrogens with two attached hydrogens (primary N) is 2. The molecule has 0 atom stereocenters. The average Bonchev–Trinajstić information content (AvgIpc) is 2.57. The summed E-state index contributed by atoms with van der Waals surface area (Å²) >= 11 is 0. The highest BCUT2D eigenvalue weighted by Crippen LogP contribution is 2.27. The molecule has 2 aromatic rings. The molecule has 0 aliphatic rings. The molecule has 0 bridgehead atoms. The van der Waals surface area contributed by atoms with Gasteiger partial charge in [-0.2, -0.15) is 0 Å². The van der Waals surface area contributed by atoms with Gasteiger partial charge in [0.2, 0.25) is 5.88 Å². The largest absolute Gasteiger partial charge is 0.396 e. The van der Waals surface area contributed by atoms with Gasteiger partial charge in [0.25, 0.3) is 0 Å². The second-order valence-electron chi connectivity index (χ2n) is 2.84. The summed E-state index contributed by atoms with van der Waals surface area (Å²) in [6.07, 6.45) is 1.46. The fourth-order valence-electron chi connectivity index (χ4n) is 1.18. The van der Waals surface area contributed by atoms with Gasteiger partial charge in [-0.15, -0.1) is 0 Å². The zero-order chi connectivity index (χ0) is 10.1. The second-order valence-corrected chi connectivity index (χ2v) is 2.84. The maximum absolute atomic E-state index is 12.8. The van der Waals surface area contributed by atoms with Gasteiger partial charge in [-0.3, -0.25) is 0 Å². The topological polar surface area (TPSA) is 78.1 Å². The number of halogens is 1. The van der Waals surface area contributed by atoms with E-state index in [1.807, 2.05) is 0 Å². The number of rotatable bonds is 1. The average molecular weight is 193 g/mol. The monoisotopic (exact) mass is 193 g/mol. The van der Waals surface area contributed by atoms with Gasteiger partial charge in [-0.25, -0.2) is 4.39 Å². The molecule has 0 amide bonds. The fourth-order valence-corrected chi connectivity index (χ4v) is 1.18. The summed E-state index contributed by atoms with van der Waals surface area (Å²) in [6, 6.07) is 4.32. The standard InChI is InChI=1S/C9H8FN3O/c10-7-2-1-5(3-8(7)11)6-4-13-14-9(6)12/h1-4H,11-12H2. The Bertz CT molecular complexity index is 467. The summed E-state index contributed by atoms with van der Waals surface area (Å²) in [4.78, 5) is 0. The number of hydrogen-bond acceptors (Lipinski definition) is 4. The van der Waals surface area contributed by atoms with Crippen LogP contribution in [-0.2, 0) is 0 Å². The number of hydrogen-bond donors (Lipinski definition) is 2. The third kappa shape index (κ3) is 1.28. The van der Waals surface area contributed by atoms with Crippen LogP contribution >= 0.6 is 0 Å². The first kappa shape index (κ1) is 8.55. The second kappa shape index (κ2) is 3.02. The Morgan fingerprint density at radius 2 is 2.07 bits per heavy atom. The zero-order valence-electron chi connectivity index (χ0n) is 7.20. The third-order valence-electron chi connectivity index (χ3n) is 1.91. The van der Waals surface area contributed by atoms with E-state index in [9.17, 15) is 4.39 Å². The Labute approximate surface area is 79.3 Å². The van der Waals surface area contributed by atoms with Crippen molar-refractivity contribution in [2.75, 3.05) is 11.5 Å². The normalized spacial score (nSPS) is 10.4. The first-order valence-electron chi connectivity index (χ1n) is 3.94. The van der Waals surface area contributed by atoms with Gasteiger partial charge in [0, 0.05) is 0 Å². The van der Waals surface area contributed by atoms with Crippen molar-refractivity contribution in [2.24, 2.45) is 0 Å². The molecular formula is C9H8FN3O. The minimum absolute atomic E-state index is 0.0723. The van der Waals surface area contributed by atoms with Crippen molar-refractivity contribution >= 4 is 11.6 Å². The molecule has 72 valence electrons.